The first-order valence-electron chi connectivity index (χ1n) is 8.51. The van der Waals surface area contributed by atoms with E-state index in [2.05, 4.69) is 0 Å². The van der Waals surface area contributed by atoms with Gasteiger partial charge in [0.2, 0.25) is 0 Å². The highest BCUT2D eigenvalue weighted by atomic mass is 16.5. The molecule has 0 N–H and O–H groups in total. The van der Waals surface area contributed by atoms with Crippen molar-refractivity contribution in [2.75, 3.05) is 6.61 Å². The number of carbonyl (C=O) groups excluding carboxylic acids is 2. The van der Waals surface area contributed by atoms with Crippen molar-refractivity contribution < 1.29 is 14.3 Å². The van der Waals surface area contributed by atoms with Crippen molar-refractivity contribution in [2.24, 2.45) is 0 Å². The molecular formula is C20H20N2O3. The highest BCUT2D eigenvalue weighted by Crippen LogP contribution is 2.36. The second-order valence-corrected chi connectivity index (χ2v) is 6.53. The first-order chi connectivity index (χ1) is 12.2. The summed E-state index contributed by atoms with van der Waals surface area (Å²) < 4.78 is 5.28. The van der Waals surface area contributed by atoms with Gasteiger partial charge in [-0.3, -0.25) is 0 Å². The Kier molecular flexibility index (Phi) is 3.92. The Morgan fingerprint density at radius 2 is 1.68 bits per heavy atom. The second kappa shape index (κ2) is 6.24. The smallest absolute Gasteiger partial charge is 0.331 e. The Labute approximate surface area is 146 Å². The van der Waals surface area contributed by atoms with Gasteiger partial charge in [-0.25, -0.2) is 9.59 Å². The fourth-order valence-corrected chi connectivity index (χ4v) is 3.77. The summed E-state index contributed by atoms with van der Waals surface area (Å²) in [5.74, 6) is -0.308. The summed E-state index contributed by atoms with van der Waals surface area (Å²) in [6.45, 7) is 2.67. The van der Waals surface area contributed by atoms with Gasteiger partial charge in [0.05, 0.1) is 12.1 Å². The van der Waals surface area contributed by atoms with E-state index in [0.29, 0.717) is 6.54 Å². The monoisotopic (exact) mass is 336 g/mol. The minimum absolute atomic E-state index is 0.105. The van der Waals surface area contributed by atoms with E-state index in [0.717, 1.165) is 11.1 Å². The number of urea groups is 1. The van der Waals surface area contributed by atoms with Crippen LogP contribution < -0.4 is 0 Å². The van der Waals surface area contributed by atoms with Crippen LogP contribution in [-0.2, 0) is 16.1 Å². The molecule has 0 aromatic heterocycles. The number of hydrogen-bond acceptors (Lipinski definition) is 3. The van der Waals surface area contributed by atoms with E-state index in [1.807, 2.05) is 67.6 Å². The molecule has 3 atom stereocenters. The average Bonchev–Trinajstić information content (AvgIpc) is 3.14. The number of esters is 1. The van der Waals surface area contributed by atoms with Crippen molar-refractivity contribution in [2.45, 2.75) is 31.6 Å². The lowest BCUT2D eigenvalue weighted by atomic mass is 10.0. The highest BCUT2D eigenvalue weighted by Gasteiger charge is 2.55. The maximum absolute atomic E-state index is 13.1. The van der Waals surface area contributed by atoms with E-state index in [-0.39, 0.29) is 30.7 Å². The molecule has 0 saturated carbocycles. The molecule has 0 aliphatic carbocycles. The van der Waals surface area contributed by atoms with Gasteiger partial charge >= 0.3 is 12.0 Å². The van der Waals surface area contributed by atoms with Gasteiger partial charge in [0.1, 0.15) is 6.61 Å². The number of amides is 2. The Morgan fingerprint density at radius 1 is 1.04 bits per heavy atom. The van der Waals surface area contributed by atoms with Gasteiger partial charge < -0.3 is 14.5 Å². The molecule has 0 unspecified atom stereocenters. The second-order valence-electron chi connectivity index (χ2n) is 6.53. The standard InChI is InChI=1S/C20H20N2O3/c1-14(16-10-6-3-7-11-16)22-17-13-25-19(23)18(17)21(20(22)24)12-15-8-4-2-5-9-15/h2-11,14,17-18H,12-13H2,1H3/t14-,17+,18+/m1/s1. The molecule has 0 bridgehead atoms. The van der Waals surface area contributed by atoms with Crippen molar-refractivity contribution in [1.82, 2.24) is 9.80 Å². The molecular weight excluding hydrogens is 316 g/mol. The van der Waals surface area contributed by atoms with Gasteiger partial charge in [0.25, 0.3) is 0 Å². The average molecular weight is 336 g/mol. The van der Waals surface area contributed by atoms with Crippen molar-refractivity contribution >= 4 is 12.0 Å². The number of rotatable bonds is 4. The predicted octanol–water partition coefficient (Wildman–Crippen LogP) is 2.98. The highest BCUT2D eigenvalue weighted by molar-refractivity contribution is 5.90. The normalized spacial score (nSPS) is 23.6. The van der Waals surface area contributed by atoms with Gasteiger partial charge in [0, 0.05) is 6.54 Å². The molecule has 2 aromatic rings. The molecule has 2 amide bonds. The van der Waals surface area contributed by atoms with Crippen LogP contribution in [0.3, 0.4) is 0 Å². The van der Waals surface area contributed by atoms with Gasteiger partial charge in [0.15, 0.2) is 6.04 Å². The van der Waals surface area contributed by atoms with Crippen LogP contribution in [0.1, 0.15) is 24.1 Å². The molecule has 2 saturated heterocycles. The van der Waals surface area contributed by atoms with E-state index in [9.17, 15) is 9.59 Å². The minimum Gasteiger partial charge on any atom is -0.462 e. The molecule has 2 heterocycles. The molecule has 2 aliphatic heterocycles. The Bertz CT molecular complexity index is 778. The summed E-state index contributed by atoms with van der Waals surface area (Å²) in [5.41, 5.74) is 2.05. The van der Waals surface area contributed by atoms with Crippen molar-refractivity contribution in [3.05, 3.63) is 71.8 Å². The van der Waals surface area contributed by atoms with Gasteiger partial charge in [-0.1, -0.05) is 60.7 Å². The number of hydrogen-bond donors (Lipinski definition) is 0. The van der Waals surface area contributed by atoms with Crippen molar-refractivity contribution in [3.8, 4) is 0 Å². The summed E-state index contributed by atoms with van der Waals surface area (Å²) in [5, 5.41) is 0. The number of nitrogens with zero attached hydrogens (tertiary/aromatic N) is 2. The summed E-state index contributed by atoms with van der Waals surface area (Å²) in [4.78, 5) is 28.8. The number of ether oxygens (including phenoxy) is 1. The predicted molar refractivity (Wildman–Crippen MR) is 92.6 cm³/mol. The summed E-state index contributed by atoms with van der Waals surface area (Å²) in [7, 11) is 0. The topological polar surface area (TPSA) is 49.9 Å². The molecule has 2 fully saturated rings. The minimum atomic E-state index is -0.529. The van der Waals surface area contributed by atoms with E-state index < -0.39 is 6.04 Å². The van der Waals surface area contributed by atoms with Gasteiger partial charge in [-0.2, -0.15) is 0 Å². The number of fused-ring (bicyclic) bond motifs is 1. The lowest BCUT2D eigenvalue weighted by Crippen LogP contribution is -2.38. The zero-order valence-electron chi connectivity index (χ0n) is 14.0. The molecule has 0 radical (unpaired) electrons. The zero-order valence-corrected chi connectivity index (χ0v) is 14.0. The molecule has 0 spiro atoms. The Hall–Kier alpha value is -2.82. The zero-order chi connectivity index (χ0) is 17.4. The molecule has 5 heteroatoms. The third-order valence-corrected chi connectivity index (χ3v) is 5.06. The largest absolute Gasteiger partial charge is 0.462 e. The summed E-state index contributed by atoms with van der Waals surface area (Å²) >= 11 is 0. The van der Waals surface area contributed by atoms with E-state index >= 15 is 0 Å². The van der Waals surface area contributed by atoms with E-state index in [1.54, 1.807) is 9.80 Å². The van der Waals surface area contributed by atoms with Gasteiger partial charge in [-0.05, 0) is 18.1 Å². The van der Waals surface area contributed by atoms with Gasteiger partial charge in [-0.15, -0.1) is 0 Å². The van der Waals surface area contributed by atoms with Crippen LogP contribution in [0.25, 0.3) is 0 Å². The van der Waals surface area contributed by atoms with Crippen LogP contribution in [0.15, 0.2) is 60.7 Å². The quantitative estimate of drug-likeness (QED) is 0.807. The van der Waals surface area contributed by atoms with Crippen molar-refractivity contribution in [1.29, 1.82) is 0 Å². The van der Waals surface area contributed by atoms with E-state index in [4.69, 9.17) is 4.74 Å². The van der Waals surface area contributed by atoms with Crippen LogP contribution >= 0.6 is 0 Å². The fraction of sp³-hybridized carbons (Fsp3) is 0.300. The first kappa shape index (κ1) is 15.7. The Morgan fingerprint density at radius 3 is 2.36 bits per heavy atom. The van der Waals surface area contributed by atoms with Crippen LogP contribution in [0.5, 0.6) is 0 Å². The number of carbonyl (C=O) groups is 2. The molecule has 25 heavy (non-hydrogen) atoms. The lowest BCUT2D eigenvalue weighted by molar-refractivity contribution is -0.141. The van der Waals surface area contributed by atoms with Crippen molar-refractivity contribution in [3.63, 3.8) is 0 Å². The molecule has 128 valence electrons. The third-order valence-electron chi connectivity index (χ3n) is 5.06. The van der Waals surface area contributed by atoms with Crippen LogP contribution in [-0.4, -0.2) is 40.5 Å². The molecule has 5 nitrogen and oxygen atoms in total. The number of benzene rings is 2. The summed E-state index contributed by atoms with van der Waals surface area (Å²) in [6, 6.07) is 18.6. The SMILES string of the molecule is C[C@H](c1ccccc1)N1C(=O)N(Cc2ccccc2)[C@@H]2C(=O)OC[C@@H]21. The lowest BCUT2D eigenvalue weighted by Gasteiger charge is -2.28. The molecule has 2 aliphatic rings. The molecule has 4 rings (SSSR count). The fourth-order valence-electron chi connectivity index (χ4n) is 3.77. The van der Waals surface area contributed by atoms with Crippen LogP contribution in [0.4, 0.5) is 4.79 Å². The first-order valence-corrected chi connectivity index (χ1v) is 8.51. The van der Waals surface area contributed by atoms with E-state index in [1.165, 1.54) is 0 Å². The number of cyclic esters (lactones) is 1. The van der Waals surface area contributed by atoms with Crippen LogP contribution in [0.2, 0.25) is 0 Å². The maximum Gasteiger partial charge on any atom is 0.331 e. The third kappa shape index (κ3) is 2.65. The summed E-state index contributed by atoms with van der Waals surface area (Å²) in [6.07, 6.45) is 0. The molecule has 2 aromatic carbocycles. The maximum atomic E-state index is 13.1. The Balaban J connectivity index is 1.65. The van der Waals surface area contributed by atoms with Crippen LogP contribution in [0, 0.1) is 0 Å².